The number of benzene rings is 2. The van der Waals surface area contributed by atoms with Crippen molar-refractivity contribution in [3.63, 3.8) is 0 Å². The third-order valence-corrected chi connectivity index (χ3v) is 5.70. The number of hydrogen-bond acceptors (Lipinski definition) is 5. The van der Waals surface area contributed by atoms with Crippen molar-refractivity contribution in [2.24, 2.45) is 0 Å². The number of carbonyl (C=O) groups excluding carboxylic acids is 2. The average molecular weight is 476 g/mol. The molecule has 2 aromatic carbocycles. The maximum atomic E-state index is 12.3. The molecule has 1 saturated heterocycles. The van der Waals surface area contributed by atoms with E-state index in [0.717, 1.165) is 29.3 Å². The summed E-state index contributed by atoms with van der Waals surface area (Å²) in [6.45, 7) is 2.63. The molecular formula is C21H18BrNO5S. The van der Waals surface area contributed by atoms with Gasteiger partial charge < -0.3 is 9.84 Å². The van der Waals surface area contributed by atoms with Crippen LogP contribution < -0.4 is 4.74 Å². The first kappa shape index (κ1) is 21.1. The van der Waals surface area contributed by atoms with Gasteiger partial charge in [-0.05, 0) is 75.6 Å². The molecule has 0 aliphatic carbocycles. The van der Waals surface area contributed by atoms with Gasteiger partial charge >= 0.3 is 5.97 Å². The lowest BCUT2D eigenvalue weighted by atomic mass is 10.1. The number of hydrogen-bond donors (Lipinski definition) is 1. The molecule has 3 rings (SSSR count). The Morgan fingerprint density at radius 2 is 1.93 bits per heavy atom. The van der Waals surface area contributed by atoms with Crippen LogP contribution in [0.3, 0.4) is 0 Å². The number of imide groups is 1. The summed E-state index contributed by atoms with van der Waals surface area (Å²) >= 11 is 4.41. The largest absolute Gasteiger partial charge is 0.488 e. The summed E-state index contributed by atoms with van der Waals surface area (Å²) in [5, 5.41) is 8.69. The summed E-state index contributed by atoms with van der Waals surface area (Å²) in [5.41, 5.74) is 1.84. The van der Waals surface area contributed by atoms with Crippen molar-refractivity contribution in [3.8, 4) is 5.75 Å². The first-order valence-electron chi connectivity index (χ1n) is 8.89. The van der Waals surface area contributed by atoms with Crippen molar-refractivity contribution >= 4 is 50.9 Å². The summed E-state index contributed by atoms with van der Waals surface area (Å²) < 4.78 is 6.50. The highest BCUT2D eigenvalue weighted by atomic mass is 79.9. The van der Waals surface area contributed by atoms with Crippen LogP contribution in [0.1, 0.15) is 34.8 Å². The van der Waals surface area contributed by atoms with Crippen molar-refractivity contribution in [2.75, 3.05) is 6.54 Å². The average Bonchev–Trinajstić information content (AvgIpc) is 2.95. The van der Waals surface area contributed by atoms with Crippen LogP contribution in [0.5, 0.6) is 5.75 Å². The number of ether oxygens (including phenoxy) is 1. The van der Waals surface area contributed by atoms with Crippen LogP contribution in [0.2, 0.25) is 0 Å². The Kier molecular flexibility index (Phi) is 6.76. The molecule has 2 aromatic rings. The smallest absolute Gasteiger partial charge is 0.335 e. The number of carboxylic acid groups (broad SMARTS) is 1. The van der Waals surface area contributed by atoms with E-state index in [0.29, 0.717) is 21.7 Å². The van der Waals surface area contributed by atoms with Crippen molar-refractivity contribution < 1.29 is 24.2 Å². The molecule has 1 heterocycles. The molecule has 1 aliphatic heterocycles. The summed E-state index contributed by atoms with van der Waals surface area (Å²) in [7, 11) is 0. The van der Waals surface area contributed by atoms with Crippen LogP contribution >= 0.6 is 27.7 Å². The Labute approximate surface area is 180 Å². The van der Waals surface area contributed by atoms with Crippen LogP contribution in [0, 0.1) is 0 Å². The quantitative estimate of drug-likeness (QED) is 0.555. The molecule has 2 amide bonds. The zero-order valence-corrected chi connectivity index (χ0v) is 18.0. The maximum Gasteiger partial charge on any atom is 0.335 e. The minimum Gasteiger partial charge on any atom is -0.488 e. The highest BCUT2D eigenvalue weighted by Gasteiger charge is 2.34. The topological polar surface area (TPSA) is 83.9 Å². The van der Waals surface area contributed by atoms with E-state index in [1.54, 1.807) is 30.3 Å². The number of aromatic carboxylic acids is 1. The zero-order valence-electron chi connectivity index (χ0n) is 15.6. The fraction of sp³-hybridized carbons (Fsp3) is 0.190. The first-order valence-corrected chi connectivity index (χ1v) is 10.5. The van der Waals surface area contributed by atoms with Gasteiger partial charge in [0.2, 0.25) is 0 Å². The van der Waals surface area contributed by atoms with Crippen molar-refractivity contribution in [1.29, 1.82) is 0 Å². The monoisotopic (exact) mass is 475 g/mol. The van der Waals surface area contributed by atoms with Gasteiger partial charge in [-0.1, -0.05) is 25.1 Å². The zero-order chi connectivity index (χ0) is 21.0. The molecule has 150 valence electrons. The minimum absolute atomic E-state index is 0.225. The predicted molar refractivity (Wildman–Crippen MR) is 115 cm³/mol. The molecule has 0 atom stereocenters. The predicted octanol–water partition coefficient (Wildman–Crippen LogP) is 5.17. The van der Waals surface area contributed by atoms with Gasteiger partial charge in [-0.25, -0.2) is 4.79 Å². The van der Waals surface area contributed by atoms with Gasteiger partial charge in [0.05, 0.1) is 14.9 Å². The highest BCUT2D eigenvalue weighted by molar-refractivity contribution is 9.10. The molecule has 29 heavy (non-hydrogen) atoms. The second-order valence-corrected chi connectivity index (χ2v) is 8.16. The number of thioether (sulfide) groups is 1. The maximum absolute atomic E-state index is 12.3. The third-order valence-electron chi connectivity index (χ3n) is 4.17. The van der Waals surface area contributed by atoms with Crippen LogP contribution in [0.15, 0.2) is 51.8 Å². The summed E-state index contributed by atoms with van der Waals surface area (Å²) in [5.74, 6) is -0.616. The van der Waals surface area contributed by atoms with Gasteiger partial charge in [-0.15, -0.1) is 0 Å². The molecule has 1 fully saturated rings. The lowest BCUT2D eigenvalue weighted by Crippen LogP contribution is -2.28. The highest BCUT2D eigenvalue weighted by Crippen LogP contribution is 2.34. The molecule has 0 bridgehead atoms. The molecule has 8 heteroatoms. The number of carboxylic acids is 1. The van der Waals surface area contributed by atoms with Gasteiger partial charge in [-0.3, -0.25) is 14.5 Å². The lowest BCUT2D eigenvalue weighted by molar-refractivity contribution is -0.122. The van der Waals surface area contributed by atoms with E-state index in [1.807, 2.05) is 13.0 Å². The number of nitrogens with zero attached hydrogens (tertiary/aromatic N) is 1. The standard InChI is InChI=1S/C21H18BrNO5S/c1-2-9-23-19(24)18(29-21(23)27)11-14-5-8-17(16(22)10-14)28-12-13-3-6-15(7-4-13)20(25)26/h3-8,10-11H,2,9,12H2,1H3,(H,25,26)/b18-11+. The van der Waals surface area contributed by atoms with E-state index in [9.17, 15) is 14.4 Å². The molecule has 1 aliphatic rings. The first-order chi connectivity index (χ1) is 13.9. The van der Waals surface area contributed by atoms with Crippen molar-refractivity contribution in [1.82, 2.24) is 4.90 Å². The van der Waals surface area contributed by atoms with Crippen LogP contribution in [0.25, 0.3) is 6.08 Å². The number of carbonyl (C=O) groups is 3. The Bertz CT molecular complexity index is 987. The van der Waals surface area contributed by atoms with E-state index < -0.39 is 5.97 Å². The van der Waals surface area contributed by atoms with E-state index in [4.69, 9.17) is 9.84 Å². The molecule has 1 N–H and O–H groups in total. The van der Waals surface area contributed by atoms with Gasteiger partial charge in [-0.2, -0.15) is 0 Å². The van der Waals surface area contributed by atoms with Gasteiger partial charge in [0.25, 0.3) is 11.1 Å². The fourth-order valence-electron chi connectivity index (χ4n) is 2.70. The molecule has 0 spiro atoms. The Balaban J connectivity index is 1.68. The Hall–Kier alpha value is -2.58. The van der Waals surface area contributed by atoms with Gasteiger partial charge in [0, 0.05) is 6.54 Å². The molecule has 6 nitrogen and oxygen atoms in total. The van der Waals surface area contributed by atoms with E-state index in [1.165, 1.54) is 17.0 Å². The van der Waals surface area contributed by atoms with Crippen LogP contribution in [-0.2, 0) is 11.4 Å². The molecule has 0 saturated carbocycles. The van der Waals surface area contributed by atoms with E-state index in [-0.39, 0.29) is 23.3 Å². The van der Waals surface area contributed by atoms with Crippen molar-refractivity contribution in [3.05, 3.63) is 68.5 Å². The molecule has 0 radical (unpaired) electrons. The Morgan fingerprint density at radius 3 is 2.55 bits per heavy atom. The van der Waals surface area contributed by atoms with Gasteiger partial charge in [0.1, 0.15) is 12.4 Å². The second kappa shape index (κ2) is 9.28. The van der Waals surface area contributed by atoms with E-state index in [2.05, 4.69) is 15.9 Å². The summed E-state index contributed by atoms with van der Waals surface area (Å²) in [6, 6.07) is 11.9. The van der Waals surface area contributed by atoms with Gasteiger partial charge in [0.15, 0.2) is 0 Å². The molecule has 0 unspecified atom stereocenters. The SMILES string of the molecule is CCCN1C(=O)S/C(=C/c2ccc(OCc3ccc(C(=O)O)cc3)c(Br)c2)C1=O. The minimum atomic E-state index is -0.969. The summed E-state index contributed by atoms with van der Waals surface area (Å²) in [6.07, 6.45) is 2.42. The fourth-order valence-corrected chi connectivity index (χ4v) is 4.07. The molecular weight excluding hydrogens is 458 g/mol. The van der Waals surface area contributed by atoms with E-state index >= 15 is 0 Å². The lowest BCUT2D eigenvalue weighted by Gasteiger charge is -2.10. The Morgan fingerprint density at radius 1 is 1.21 bits per heavy atom. The van der Waals surface area contributed by atoms with Crippen LogP contribution in [0.4, 0.5) is 4.79 Å². The molecule has 0 aromatic heterocycles. The second-order valence-electron chi connectivity index (χ2n) is 6.31. The van der Waals surface area contributed by atoms with Crippen LogP contribution in [-0.4, -0.2) is 33.7 Å². The number of halogens is 1. The number of amides is 2. The number of rotatable bonds is 7. The summed E-state index contributed by atoms with van der Waals surface area (Å²) in [4.78, 5) is 36.8. The normalized spacial score (nSPS) is 15.2. The third kappa shape index (κ3) is 5.07. The van der Waals surface area contributed by atoms with Crippen molar-refractivity contribution in [2.45, 2.75) is 20.0 Å².